The van der Waals surface area contributed by atoms with Crippen LogP contribution >= 0.6 is 0 Å². The van der Waals surface area contributed by atoms with Crippen LogP contribution in [-0.4, -0.2) is 36.0 Å². The summed E-state index contributed by atoms with van der Waals surface area (Å²) >= 11 is 0. The first-order chi connectivity index (χ1) is 13.6. The van der Waals surface area contributed by atoms with Crippen LogP contribution < -0.4 is 5.32 Å². The van der Waals surface area contributed by atoms with E-state index >= 15 is 0 Å². The Hall–Kier alpha value is -2.13. The minimum Gasteiger partial charge on any atom is -0.350 e. The van der Waals surface area contributed by atoms with Gasteiger partial charge in [0.2, 0.25) is 0 Å². The molecule has 148 valence electrons. The lowest BCUT2D eigenvalue weighted by molar-refractivity contribution is 0.0943. The molecule has 0 spiro atoms. The van der Waals surface area contributed by atoms with Crippen molar-refractivity contribution in [1.29, 1.82) is 0 Å². The molecule has 1 fully saturated rings. The fourth-order valence-electron chi connectivity index (χ4n) is 4.38. The predicted octanol–water partition coefficient (Wildman–Crippen LogP) is 4.37. The van der Waals surface area contributed by atoms with Crippen molar-refractivity contribution in [3.05, 3.63) is 70.3 Å². The second kappa shape index (κ2) is 8.48. The maximum absolute atomic E-state index is 12.1. The van der Waals surface area contributed by atoms with Crippen molar-refractivity contribution >= 4 is 5.91 Å². The van der Waals surface area contributed by atoms with Crippen molar-refractivity contribution in [3.8, 4) is 0 Å². The zero-order chi connectivity index (χ0) is 19.5. The summed E-state index contributed by atoms with van der Waals surface area (Å²) in [6.45, 7) is 6.39. The van der Waals surface area contributed by atoms with E-state index in [0.29, 0.717) is 0 Å². The molecule has 0 atom stereocenters. The molecule has 1 N–H and O–H groups in total. The van der Waals surface area contributed by atoms with Gasteiger partial charge in [0.15, 0.2) is 0 Å². The predicted molar refractivity (Wildman–Crippen MR) is 115 cm³/mol. The number of rotatable bonds is 5. The van der Waals surface area contributed by atoms with E-state index in [9.17, 15) is 4.79 Å². The summed E-state index contributed by atoms with van der Waals surface area (Å²) in [6.07, 6.45) is 7.49. The summed E-state index contributed by atoms with van der Waals surface area (Å²) in [7, 11) is 0. The van der Waals surface area contributed by atoms with E-state index in [4.69, 9.17) is 0 Å². The Morgan fingerprint density at radius 1 is 1.00 bits per heavy atom. The molecular weight excluding hydrogens is 344 g/mol. The minimum absolute atomic E-state index is 0.00241. The molecule has 1 aliphatic carbocycles. The Morgan fingerprint density at radius 2 is 1.68 bits per heavy atom. The summed E-state index contributed by atoms with van der Waals surface area (Å²) in [5.74, 6) is 0.00241. The number of hydrogen-bond acceptors (Lipinski definition) is 2. The molecule has 3 nitrogen and oxygen atoms in total. The average Bonchev–Trinajstić information content (AvgIpc) is 2.83. The highest BCUT2D eigenvalue weighted by Crippen LogP contribution is 2.28. The van der Waals surface area contributed by atoms with Crippen LogP contribution in [0.3, 0.4) is 0 Å². The summed E-state index contributed by atoms with van der Waals surface area (Å²) in [5.41, 5.74) is 6.43. The molecule has 1 aliphatic heterocycles. The number of hydrogen-bond donors (Lipinski definition) is 1. The van der Waals surface area contributed by atoms with Gasteiger partial charge >= 0.3 is 0 Å². The van der Waals surface area contributed by atoms with Crippen LogP contribution in [0.25, 0.3) is 0 Å². The smallest absolute Gasteiger partial charge is 0.251 e. The largest absolute Gasteiger partial charge is 0.350 e. The Kier molecular flexibility index (Phi) is 5.82. The van der Waals surface area contributed by atoms with Gasteiger partial charge in [0, 0.05) is 30.7 Å². The van der Waals surface area contributed by atoms with Crippen molar-refractivity contribution in [2.24, 2.45) is 0 Å². The van der Waals surface area contributed by atoms with E-state index in [0.717, 1.165) is 18.0 Å². The van der Waals surface area contributed by atoms with Crippen LogP contribution in [0.1, 0.15) is 65.7 Å². The summed E-state index contributed by atoms with van der Waals surface area (Å²) in [6, 6.07) is 16.1. The number of benzene rings is 2. The van der Waals surface area contributed by atoms with Gasteiger partial charge in [-0.25, -0.2) is 0 Å². The van der Waals surface area contributed by atoms with E-state index < -0.39 is 0 Å². The number of fused-ring (bicyclic) bond motifs is 1. The molecule has 0 aromatic heterocycles. The second-order valence-corrected chi connectivity index (χ2v) is 8.73. The van der Waals surface area contributed by atoms with E-state index in [2.05, 4.69) is 40.5 Å². The summed E-state index contributed by atoms with van der Waals surface area (Å²) in [5, 5.41) is 2.95. The van der Waals surface area contributed by atoms with E-state index in [1.807, 2.05) is 26.0 Å². The first-order valence-electron chi connectivity index (χ1n) is 10.8. The normalized spacial score (nSPS) is 17.7. The van der Waals surface area contributed by atoms with Crippen molar-refractivity contribution in [2.45, 2.75) is 64.5 Å². The average molecular weight is 377 g/mol. The van der Waals surface area contributed by atoms with Gasteiger partial charge in [-0.05, 0) is 80.3 Å². The molecule has 0 radical (unpaired) electrons. The molecule has 2 aliphatic rings. The highest BCUT2D eigenvalue weighted by Gasteiger charge is 2.26. The Balaban J connectivity index is 1.41. The standard InChI is InChI=1S/C25H32N2O/c1-18(2)26-25(28)22-10-6-19(7-11-22)16-20-8-9-21-12-14-27(24-4-3-5-24)15-13-23(21)17-20/h6-11,17-18,24H,3-5,12-16H2,1-2H3,(H,26,28). The third-order valence-electron chi connectivity index (χ3n) is 6.24. The van der Waals surface area contributed by atoms with Crippen LogP contribution in [-0.2, 0) is 19.3 Å². The molecule has 1 amide bonds. The SMILES string of the molecule is CC(C)NC(=O)c1ccc(Cc2ccc3c(c2)CCN(C2CCC2)CC3)cc1. The van der Waals surface area contributed by atoms with Crippen molar-refractivity contribution < 1.29 is 4.79 Å². The molecule has 28 heavy (non-hydrogen) atoms. The zero-order valence-electron chi connectivity index (χ0n) is 17.2. The summed E-state index contributed by atoms with van der Waals surface area (Å²) in [4.78, 5) is 14.8. The first kappa shape index (κ1) is 19.2. The molecule has 0 unspecified atom stereocenters. The third-order valence-corrected chi connectivity index (χ3v) is 6.24. The number of carbonyl (C=O) groups is 1. The van der Waals surface area contributed by atoms with Gasteiger partial charge < -0.3 is 5.32 Å². The van der Waals surface area contributed by atoms with Gasteiger partial charge in [-0.1, -0.05) is 36.8 Å². The van der Waals surface area contributed by atoms with Gasteiger partial charge in [-0.2, -0.15) is 0 Å². The highest BCUT2D eigenvalue weighted by atomic mass is 16.1. The van der Waals surface area contributed by atoms with Crippen LogP contribution in [0.15, 0.2) is 42.5 Å². The maximum Gasteiger partial charge on any atom is 0.251 e. The number of amides is 1. The van der Waals surface area contributed by atoms with E-state index in [1.165, 1.54) is 67.4 Å². The summed E-state index contributed by atoms with van der Waals surface area (Å²) < 4.78 is 0. The Bertz CT molecular complexity index is 821. The lowest BCUT2D eigenvalue weighted by atomic mass is 9.91. The number of nitrogens with zero attached hydrogens (tertiary/aromatic N) is 1. The van der Waals surface area contributed by atoms with Gasteiger partial charge in [0.1, 0.15) is 0 Å². The van der Waals surface area contributed by atoms with Crippen molar-refractivity contribution in [2.75, 3.05) is 13.1 Å². The topological polar surface area (TPSA) is 32.3 Å². The quantitative estimate of drug-likeness (QED) is 0.840. The van der Waals surface area contributed by atoms with Crippen LogP contribution in [0.2, 0.25) is 0 Å². The fraction of sp³-hybridized carbons (Fsp3) is 0.480. The van der Waals surface area contributed by atoms with Gasteiger partial charge in [-0.15, -0.1) is 0 Å². The maximum atomic E-state index is 12.1. The minimum atomic E-state index is 0.00241. The fourth-order valence-corrected chi connectivity index (χ4v) is 4.38. The third kappa shape index (κ3) is 4.47. The van der Waals surface area contributed by atoms with Gasteiger partial charge in [-0.3, -0.25) is 9.69 Å². The Labute approximate surface area is 169 Å². The van der Waals surface area contributed by atoms with Crippen LogP contribution in [0.4, 0.5) is 0 Å². The zero-order valence-corrected chi connectivity index (χ0v) is 17.2. The van der Waals surface area contributed by atoms with Crippen LogP contribution in [0.5, 0.6) is 0 Å². The molecule has 2 aromatic rings. The molecular formula is C25H32N2O. The van der Waals surface area contributed by atoms with Crippen LogP contribution in [0, 0.1) is 0 Å². The number of nitrogens with one attached hydrogen (secondary N) is 1. The lowest BCUT2D eigenvalue weighted by Crippen LogP contribution is -2.41. The number of carbonyl (C=O) groups excluding carboxylic acids is 1. The Morgan fingerprint density at radius 3 is 2.32 bits per heavy atom. The van der Waals surface area contributed by atoms with E-state index in [-0.39, 0.29) is 11.9 Å². The first-order valence-corrected chi connectivity index (χ1v) is 10.8. The second-order valence-electron chi connectivity index (χ2n) is 8.73. The molecule has 0 saturated heterocycles. The van der Waals surface area contributed by atoms with Crippen molar-refractivity contribution in [3.63, 3.8) is 0 Å². The van der Waals surface area contributed by atoms with Gasteiger partial charge in [0.25, 0.3) is 5.91 Å². The molecule has 4 rings (SSSR count). The van der Waals surface area contributed by atoms with Gasteiger partial charge in [0.05, 0.1) is 0 Å². The lowest BCUT2D eigenvalue weighted by Gasteiger charge is -2.36. The molecule has 2 aromatic carbocycles. The van der Waals surface area contributed by atoms with E-state index in [1.54, 1.807) is 0 Å². The van der Waals surface area contributed by atoms with Crippen molar-refractivity contribution in [1.82, 2.24) is 10.2 Å². The molecule has 1 heterocycles. The highest BCUT2D eigenvalue weighted by molar-refractivity contribution is 5.94. The molecule has 3 heteroatoms. The monoisotopic (exact) mass is 376 g/mol. The molecule has 0 bridgehead atoms. The molecule has 1 saturated carbocycles.